The van der Waals surface area contributed by atoms with Crippen molar-refractivity contribution in [3.05, 3.63) is 0 Å². The number of carbonyl (C=O) groups excluding carboxylic acids is 1. The zero-order valence-electron chi connectivity index (χ0n) is 9.79. The summed E-state index contributed by atoms with van der Waals surface area (Å²) in [7, 11) is 0. The quantitative estimate of drug-likeness (QED) is 0.668. The molecule has 0 N–H and O–H groups in total. The van der Waals surface area contributed by atoms with Crippen LogP contribution in [0, 0.1) is 0 Å². The van der Waals surface area contributed by atoms with Crippen molar-refractivity contribution in [1.29, 1.82) is 0 Å². The predicted molar refractivity (Wildman–Crippen MR) is 58.4 cm³/mol. The van der Waals surface area contributed by atoms with Gasteiger partial charge in [0.15, 0.2) is 0 Å². The number of hydrogen-bond donors (Lipinski definition) is 0. The Kier molecular flexibility index (Phi) is 3.01. The molecular weight excluding hydrogens is 190 g/mol. The summed E-state index contributed by atoms with van der Waals surface area (Å²) in [5, 5.41) is 0. The third kappa shape index (κ3) is 1.67. The summed E-state index contributed by atoms with van der Waals surface area (Å²) in [6.45, 7) is 5.15. The van der Waals surface area contributed by atoms with Crippen LogP contribution >= 0.6 is 0 Å². The number of hydrogen-bond acceptors (Lipinski definition) is 2. The number of ether oxygens (including phenoxy) is 1. The zero-order valence-corrected chi connectivity index (χ0v) is 9.79. The molecule has 0 spiro atoms. The fraction of sp³-hybridized carbons (Fsp3) is 0.917. The first-order valence-electron chi connectivity index (χ1n) is 6.19. The van der Waals surface area contributed by atoms with Gasteiger partial charge in [-0.1, -0.05) is 26.7 Å². The van der Waals surface area contributed by atoms with Gasteiger partial charge < -0.3 is 9.64 Å². The van der Waals surface area contributed by atoms with Crippen LogP contribution in [0.4, 0.5) is 0 Å². The molecule has 1 unspecified atom stereocenters. The minimum absolute atomic E-state index is 0.248. The topological polar surface area (TPSA) is 29.5 Å². The molecular formula is C12H21NO2. The number of amides is 1. The van der Waals surface area contributed by atoms with E-state index in [-0.39, 0.29) is 5.72 Å². The standard InChI is InChI=1S/C12H21NO2/c1-3-6-12(7-4-2)13-10(5-8-15-12)9-11(13)14/h10H,3-9H2,1-2H3. The molecule has 15 heavy (non-hydrogen) atoms. The highest BCUT2D eigenvalue weighted by molar-refractivity contribution is 5.84. The molecule has 0 radical (unpaired) electrons. The van der Waals surface area contributed by atoms with Crippen LogP contribution in [0.15, 0.2) is 0 Å². The monoisotopic (exact) mass is 211 g/mol. The Bertz CT molecular complexity index is 240. The molecule has 0 bridgehead atoms. The van der Waals surface area contributed by atoms with E-state index in [1.165, 1.54) is 0 Å². The molecule has 0 saturated carbocycles. The van der Waals surface area contributed by atoms with Crippen molar-refractivity contribution >= 4 is 5.91 Å². The third-order valence-electron chi connectivity index (χ3n) is 3.59. The van der Waals surface area contributed by atoms with Gasteiger partial charge >= 0.3 is 0 Å². The van der Waals surface area contributed by atoms with Crippen molar-refractivity contribution in [3.63, 3.8) is 0 Å². The molecule has 2 heterocycles. The molecule has 2 saturated heterocycles. The summed E-state index contributed by atoms with van der Waals surface area (Å²) in [6.07, 6.45) is 5.92. The lowest BCUT2D eigenvalue weighted by Gasteiger charge is -2.56. The lowest BCUT2D eigenvalue weighted by atomic mass is 9.87. The van der Waals surface area contributed by atoms with Crippen molar-refractivity contribution in [1.82, 2.24) is 4.90 Å². The van der Waals surface area contributed by atoms with Crippen LogP contribution in [0.3, 0.4) is 0 Å². The van der Waals surface area contributed by atoms with Gasteiger partial charge in [-0.3, -0.25) is 4.79 Å². The summed E-state index contributed by atoms with van der Waals surface area (Å²) >= 11 is 0. The van der Waals surface area contributed by atoms with Crippen molar-refractivity contribution in [2.75, 3.05) is 6.61 Å². The maximum atomic E-state index is 11.7. The Hall–Kier alpha value is -0.570. The van der Waals surface area contributed by atoms with Crippen LogP contribution < -0.4 is 0 Å². The minimum atomic E-state index is -0.248. The number of nitrogens with zero attached hydrogens (tertiary/aromatic N) is 1. The van der Waals surface area contributed by atoms with E-state index in [0.29, 0.717) is 11.9 Å². The highest BCUT2D eigenvalue weighted by Crippen LogP contribution is 2.41. The molecule has 1 amide bonds. The molecule has 0 aromatic carbocycles. The predicted octanol–water partition coefficient (Wildman–Crippen LogP) is 2.30. The number of carbonyl (C=O) groups is 1. The lowest BCUT2D eigenvalue weighted by Crippen LogP contribution is -2.68. The lowest BCUT2D eigenvalue weighted by molar-refractivity contribution is -0.238. The Balaban J connectivity index is 2.16. The highest BCUT2D eigenvalue weighted by atomic mass is 16.5. The fourth-order valence-corrected chi connectivity index (χ4v) is 3.02. The Labute approximate surface area is 91.8 Å². The second kappa shape index (κ2) is 4.12. The first kappa shape index (κ1) is 10.9. The zero-order chi connectivity index (χ0) is 10.9. The average Bonchev–Trinajstić information content (AvgIpc) is 2.16. The second-order valence-electron chi connectivity index (χ2n) is 4.71. The van der Waals surface area contributed by atoms with E-state index in [9.17, 15) is 4.79 Å². The van der Waals surface area contributed by atoms with Crippen molar-refractivity contribution in [2.24, 2.45) is 0 Å². The molecule has 86 valence electrons. The highest BCUT2D eigenvalue weighted by Gasteiger charge is 2.52. The van der Waals surface area contributed by atoms with Crippen LogP contribution in [0.2, 0.25) is 0 Å². The van der Waals surface area contributed by atoms with Gasteiger partial charge in [-0.15, -0.1) is 0 Å². The van der Waals surface area contributed by atoms with E-state index in [1.54, 1.807) is 0 Å². The summed E-state index contributed by atoms with van der Waals surface area (Å²) in [4.78, 5) is 13.7. The van der Waals surface area contributed by atoms with Gasteiger partial charge in [-0.25, -0.2) is 0 Å². The third-order valence-corrected chi connectivity index (χ3v) is 3.59. The van der Waals surface area contributed by atoms with Gasteiger partial charge in [-0.05, 0) is 19.3 Å². The van der Waals surface area contributed by atoms with E-state index in [2.05, 4.69) is 13.8 Å². The summed E-state index contributed by atoms with van der Waals surface area (Å²) < 4.78 is 5.96. The van der Waals surface area contributed by atoms with Gasteiger partial charge in [0.05, 0.1) is 6.61 Å². The van der Waals surface area contributed by atoms with Crippen molar-refractivity contribution in [3.8, 4) is 0 Å². The normalized spacial score (nSPS) is 28.5. The number of β-lactam (4-membered cyclic amide) rings is 1. The number of fused-ring (bicyclic) bond motifs is 1. The van der Waals surface area contributed by atoms with E-state index in [1.807, 2.05) is 4.90 Å². The van der Waals surface area contributed by atoms with Gasteiger partial charge in [0, 0.05) is 12.5 Å². The van der Waals surface area contributed by atoms with Crippen LogP contribution in [-0.2, 0) is 9.53 Å². The molecule has 2 aliphatic heterocycles. The second-order valence-corrected chi connectivity index (χ2v) is 4.71. The molecule has 3 heteroatoms. The molecule has 0 aromatic heterocycles. The van der Waals surface area contributed by atoms with E-state index in [4.69, 9.17) is 4.74 Å². The SMILES string of the molecule is CCCC1(CCC)OCCC2CC(=O)N21. The molecule has 0 aromatic rings. The Morgan fingerprint density at radius 2 is 2.07 bits per heavy atom. The van der Waals surface area contributed by atoms with E-state index >= 15 is 0 Å². The summed E-state index contributed by atoms with van der Waals surface area (Å²) in [6, 6.07) is 0.476. The Morgan fingerprint density at radius 1 is 1.40 bits per heavy atom. The molecule has 0 aliphatic carbocycles. The van der Waals surface area contributed by atoms with Gasteiger partial charge in [0.1, 0.15) is 5.72 Å². The van der Waals surface area contributed by atoms with Crippen LogP contribution in [0.25, 0.3) is 0 Å². The van der Waals surface area contributed by atoms with Crippen molar-refractivity contribution < 1.29 is 9.53 Å². The first-order chi connectivity index (χ1) is 7.23. The van der Waals surface area contributed by atoms with Gasteiger partial charge in [0.25, 0.3) is 0 Å². The largest absolute Gasteiger partial charge is 0.355 e. The van der Waals surface area contributed by atoms with Gasteiger partial charge in [-0.2, -0.15) is 0 Å². The van der Waals surface area contributed by atoms with Crippen LogP contribution in [-0.4, -0.2) is 29.2 Å². The van der Waals surface area contributed by atoms with E-state index < -0.39 is 0 Å². The summed E-state index contributed by atoms with van der Waals surface area (Å²) in [5.41, 5.74) is -0.248. The van der Waals surface area contributed by atoms with Crippen LogP contribution in [0.1, 0.15) is 52.4 Å². The molecule has 3 nitrogen and oxygen atoms in total. The number of rotatable bonds is 4. The minimum Gasteiger partial charge on any atom is -0.355 e. The first-order valence-corrected chi connectivity index (χ1v) is 6.19. The summed E-state index contributed by atoms with van der Waals surface area (Å²) in [5.74, 6) is 0.293. The Morgan fingerprint density at radius 3 is 2.60 bits per heavy atom. The smallest absolute Gasteiger partial charge is 0.227 e. The molecule has 2 fully saturated rings. The van der Waals surface area contributed by atoms with E-state index in [0.717, 1.165) is 45.1 Å². The average molecular weight is 211 g/mol. The maximum Gasteiger partial charge on any atom is 0.227 e. The molecule has 2 rings (SSSR count). The maximum absolute atomic E-state index is 11.7. The van der Waals surface area contributed by atoms with Crippen LogP contribution in [0.5, 0.6) is 0 Å². The molecule has 1 atom stereocenters. The van der Waals surface area contributed by atoms with Crippen molar-refractivity contribution in [2.45, 2.75) is 64.1 Å². The van der Waals surface area contributed by atoms with Gasteiger partial charge in [0.2, 0.25) is 5.91 Å². The molecule has 2 aliphatic rings. The fourth-order valence-electron chi connectivity index (χ4n) is 3.02.